The zero-order valence-electron chi connectivity index (χ0n) is 17.1. The van der Waals surface area contributed by atoms with E-state index in [9.17, 15) is 9.59 Å². The van der Waals surface area contributed by atoms with Crippen molar-refractivity contribution >= 4 is 11.8 Å². The quantitative estimate of drug-likeness (QED) is 0.709. The Kier molecular flexibility index (Phi) is 6.76. The Morgan fingerprint density at radius 1 is 1.13 bits per heavy atom. The second-order valence-electron chi connectivity index (χ2n) is 7.78. The number of aromatic nitrogens is 1. The summed E-state index contributed by atoms with van der Waals surface area (Å²) in [4.78, 5) is 29.2. The Hall–Kier alpha value is -2.71. The first-order chi connectivity index (χ1) is 14.7. The molecule has 8 heteroatoms. The molecule has 160 valence electrons. The molecule has 1 aromatic carbocycles. The van der Waals surface area contributed by atoms with Crippen LogP contribution >= 0.6 is 0 Å². The van der Waals surface area contributed by atoms with Gasteiger partial charge in [-0.05, 0) is 31.5 Å². The van der Waals surface area contributed by atoms with Crippen LogP contribution in [0.25, 0.3) is 0 Å². The van der Waals surface area contributed by atoms with Crippen molar-refractivity contribution in [2.75, 3.05) is 39.3 Å². The Morgan fingerprint density at radius 3 is 2.73 bits per heavy atom. The van der Waals surface area contributed by atoms with Crippen LogP contribution in [-0.4, -0.2) is 66.1 Å². The van der Waals surface area contributed by atoms with E-state index in [-0.39, 0.29) is 24.1 Å². The van der Waals surface area contributed by atoms with Crippen molar-refractivity contribution in [3.05, 3.63) is 52.9 Å². The van der Waals surface area contributed by atoms with Crippen molar-refractivity contribution in [1.82, 2.24) is 20.3 Å². The molecule has 2 aromatic rings. The zero-order chi connectivity index (χ0) is 20.8. The monoisotopic (exact) mass is 412 g/mol. The molecule has 2 aliphatic heterocycles. The van der Waals surface area contributed by atoms with E-state index in [0.29, 0.717) is 44.0 Å². The van der Waals surface area contributed by atoms with E-state index in [1.807, 2.05) is 30.3 Å². The molecule has 1 aromatic heterocycles. The predicted molar refractivity (Wildman–Crippen MR) is 110 cm³/mol. The fourth-order valence-electron chi connectivity index (χ4n) is 3.94. The molecule has 1 N–H and O–H groups in total. The van der Waals surface area contributed by atoms with Crippen molar-refractivity contribution in [3.8, 4) is 0 Å². The summed E-state index contributed by atoms with van der Waals surface area (Å²) in [6.45, 7) is 4.87. The molecule has 0 spiro atoms. The van der Waals surface area contributed by atoms with Crippen molar-refractivity contribution < 1.29 is 18.8 Å². The highest BCUT2D eigenvalue weighted by Gasteiger charge is 2.29. The van der Waals surface area contributed by atoms with Crippen LogP contribution < -0.4 is 5.32 Å². The second kappa shape index (κ2) is 9.86. The minimum absolute atomic E-state index is 0.00682. The van der Waals surface area contributed by atoms with E-state index < -0.39 is 0 Å². The normalized spacial score (nSPS) is 16.5. The van der Waals surface area contributed by atoms with Gasteiger partial charge in [0.2, 0.25) is 5.91 Å². The number of nitrogens with zero attached hydrogens (tertiary/aromatic N) is 3. The molecule has 1 fully saturated rings. The lowest BCUT2D eigenvalue weighted by Gasteiger charge is -2.26. The first-order valence-electron chi connectivity index (χ1n) is 10.6. The van der Waals surface area contributed by atoms with Crippen LogP contribution in [0.4, 0.5) is 0 Å². The standard InChI is InChI=1S/C22H28N4O4/c27-20(16-29-15-17-6-2-1-3-7-17)26-12-8-19-18(14-26)21(24-30-19)22(28)23-9-13-25-10-4-5-11-25/h1-3,6-7H,4-5,8-16H2,(H,23,28). The van der Waals surface area contributed by atoms with Gasteiger partial charge >= 0.3 is 0 Å². The highest BCUT2D eigenvalue weighted by Crippen LogP contribution is 2.22. The maximum atomic E-state index is 12.6. The Labute approximate surface area is 176 Å². The van der Waals surface area contributed by atoms with Gasteiger partial charge in [0.25, 0.3) is 5.91 Å². The molecule has 0 bridgehead atoms. The first kappa shape index (κ1) is 20.6. The number of hydrogen-bond donors (Lipinski definition) is 1. The lowest BCUT2D eigenvalue weighted by Crippen LogP contribution is -2.39. The van der Waals surface area contributed by atoms with Crippen LogP contribution in [0.5, 0.6) is 0 Å². The van der Waals surface area contributed by atoms with Crippen molar-refractivity contribution in [2.24, 2.45) is 0 Å². The van der Waals surface area contributed by atoms with Gasteiger partial charge < -0.3 is 24.4 Å². The molecule has 4 rings (SSSR count). The molecule has 2 aliphatic rings. The van der Waals surface area contributed by atoms with E-state index in [1.165, 1.54) is 12.8 Å². The van der Waals surface area contributed by atoms with Gasteiger partial charge in [-0.1, -0.05) is 35.5 Å². The summed E-state index contributed by atoms with van der Waals surface area (Å²) in [6.07, 6.45) is 3.00. The number of carbonyl (C=O) groups is 2. The number of carbonyl (C=O) groups excluding carboxylic acids is 2. The average Bonchev–Trinajstić information content (AvgIpc) is 3.43. The Bertz CT molecular complexity index is 861. The van der Waals surface area contributed by atoms with Crippen molar-refractivity contribution in [3.63, 3.8) is 0 Å². The minimum atomic E-state index is -0.242. The number of rotatable bonds is 8. The maximum absolute atomic E-state index is 12.6. The van der Waals surface area contributed by atoms with E-state index in [4.69, 9.17) is 9.26 Å². The summed E-state index contributed by atoms with van der Waals surface area (Å²) in [5, 5.41) is 6.90. The molecule has 8 nitrogen and oxygen atoms in total. The average molecular weight is 412 g/mol. The topological polar surface area (TPSA) is 87.9 Å². The third-order valence-electron chi connectivity index (χ3n) is 5.64. The van der Waals surface area contributed by atoms with E-state index in [2.05, 4.69) is 15.4 Å². The number of benzene rings is 1. The first-order valence-corrected chi connectivity index (χ1v) is 10.6. The van der Waals surface area contributed by atoms with Crippen LogP contribution in [0.3, 0.4) is 0 Å². The van der Waals surface area contributed by atoms with Crippen LogP contribution in [0.2, 0.25) is 0 Å². The number of likely N-dealkylation sites (tertiary alicyclic amines) is 1. The molecular weight excluding hydrogens is 384 g/mol. The van der Waals surface area contributed by atoms with Gasteiger partial charge in [0.15, 0.2) is 5.69 Å². The SMILES string of the molecule is O=C(NCCN1CCCC1)c1noc2c1CN(C(=O)COCc1ccccc1)CC2. The van der Waals surface area contributed by atoms with E-state index in [1.54, 1.807) is 4.90 Å². The predicted octanol–water partition coefficient (Wildman–Crippen LogP) is 1.60. The molecule has 0 unspecified atom stereocenters. The van der Waals surface area contributed by atoms with Crippen LogP contribution in [0, 0.1) is 0 Å². The van der Waals surface area contributed by atoms with Crippen molar-refractivity contribution in [1.29, 1.82) is 0 Å². The zero-order valence-corrected chi connectivity index (χ0v) is 17.1. The smallest absolute Gasteiger partial charge is 0.273 e. The van der Waals surface area contributed by atoms with E-state index >= 15 is 0 Å². The molecule has 3 heterocycles. The summed E-state index contributed by atoms with van der Waals surface area (Å²) in [6, 6.07) is 9.75. The molecule has 1 saturated heterocycles. The van der Waals surface area contributed by atoms with E-state index in [0.717, 1.165) is 25.2 Å². The van der Waals surface area contributed by atoms with Crippen molar-refractivity contribution in [2.45, 2.75) is 32.4 Å². The van der Waals surface area contributed by atoms with Gasteiger partial charge in [0.1, 0.15) is 12.4 Å². The van der Waals surface area contributed by atoms with Crippen LogP contribution in [0.1, 0.15) is 40.2 Å². The number of fused-ring (bicyclic) bond motifs is 1. The Balaban J connectivity index is 1.27. The largest absolute Gasteiger partial charge is 0.367 e. The molecule has 0 atom stereocenters. The summed E-state index contributed by atoms with van der Waals surface area (Å²) in [5.41, 5.74) is 2.02. The molecule has 2 amide bonds. The fourth-order valence-corrected chi connectivity index (χ4v) is 3.94. The third kappa shape index (κ3) is 5.06. The number of nitrogens with one attached hydrogen (secondary N) is 1. The van der Waals surface area contributed by atoms with Gasteiger partial charge in [-0.3, -0.25) is 9.59 Å². The molecule has 0 saturated carbocycles. The number of amides is 2. The van der Waals surface area contributed by atoms with Crippen LogP contribution in [0.15, 0.2) is 34.9 Å². The molecule has 0 radical (unpaired) electrons. The second-order valence-corrected chi connectivity index (χ2v) is 7.78. The lowest BCUT2D eigenvalue weighted by molar-refractivity contribution is -0.137. The highest BCUT2D eigenvalue weighted by molar-refractivity contribution is 5.94. The fraction of sp³-hybridized carbons (Fsp3) is 0.500. The van der Waals surface area contributed by atoms with Gasteiger partial charge in [-0.2, -0.15) is 0 Å². The highest BCUT2D eigenvalue weighted by atomic mass is 16.5. The molecule has 0 aliphatic carbocycles. The Morgan fingerprint density at radius 2 is 1.93 bits per heavy atom. The lowest BCUT2D eigenvalue weighted by atomic mass is 10.1. The van der Waals surface area contributed by atoms with Gasteiger partial charge in [0.05, 0.1) is 13.2 Å². The van der Waals surface area contributed by atoms with Gasteiger partial charge in [-0.25, -0.2) is 0 Å². The third-order valence-corrected chi connectivity index (χ3v) is 5.64. The summed E-state index contributed by atoms with van der Waals surface area (Å²) >= 11 is 0. The van der Waals surface area contributed by atoms with Gasteiger partial charge in [0, 0.05) is 31.6 Å². The number of ether oxygens (including phenoxy) is 1. The minimum Gasteiger partial charge on any atom is -0.367 e. The molecule has 30 heavy (non-hydrogen) atoms. The van der Waals surface area contributed by atoms with Gasteiger partial charge in [-0.15, -0.1) is 0 Å². The maximum Gasteiger partial charge on any atom is 0.273 e. The summed E-state index contributed by atoms with van der Waals surface area (Å²) < 4.78 is 10.9. The molecular formula is C22H28N4O4. The summed E-state index contributed by atoms with van der Waals surface area (Å²) in [7, 11) is 0. The summed E-state index contributed by atoms with van der Waals surface area (Å²) in [5.74, 6) is 0.348. The number of hydrogen-bond acceptors (Lipinski definition) is 6. The van der Waals surface area contributed by atoms with Crippen LogP contribution in [-0.2, 0) is 29.1 Å².